The van der Waals surface area contributed by atoms with Crippen LogP contribution in [0.3, 0.4) is 0 Å². The maximum absolute atomic E-state index is 3.71. The standard InChI is InChI=1S/C16H22N2/c1-12-3-2-4-15(9-12)18-11-13-5-6-16-14(10-13)7-8-17-16/h5-8,10,12,15,17-18H,2-4,9,11H2,1H3. The second kappa shape index (κ2) is 5.15. The molecule has 1 fully saturated rings. The number of fused-ring (bicyclic) bond motifs is 1. The summed E-state index contributed by atoms with van der Waals surface area (Å²) in [6.07, 6.45) is 7.48. The van der Waals surface area contributed by atoms with Crippen molar-refractivity contribution in [2.75, 3.05) is 0 Å². The highest BCUT2D eigenvalue weighted by Gasteiger charge is 2.17. The zero-order valence-corrected chi connectivity index (χ0v) is 11.1. The van der Waals surface area contributed by atoms with Crippen LogP contribution in [0.25, 0.3) is 10.9 Å². The molecule has 1 saturated carbocycles. The van der Waals surface area contributed by atoms with E-state index in [0.717, 1.165) is 18.5 Å². The molecule has 1 aliphatic rings. The molecule has 1 aromatic heterocycles. The van der Waals surface area contributed by atoms with E-state index >= 15 is 0 Å². The van der Waals surface area contributed by atoms with Crippen LogP contribution in [0.4, 0.5) is 0 Å². The first-order valence-electron chi connectivity index (χ1n) is 7.10. The summed E-state index contributed by atoms with van der Waals surface area (Å²) in [7, 11) is 0. The molecule has 2 nitrogen and oxygen atoms in total. The van der Waals surface area contributed by atoms with E-state index in [9.17, 15) is 0 Å². The second-order valence-electron chi connectivity index (χ2n) is 5.75. The highest BCUT2D eigenvalue weighted by Crippen LogP contribution is 2.24. The van der Waals surface area contributed by atoms with Crippen molar-refractivity contribution in [1.82, 2.24) is 10.3 Å². The smallest absolute Gasteiger partial charge is 0.0454 e. The minimum atomic E-state index is 0.718. The molecule has 0 bridgehead atoms. The average molecular weight is 242 g/mol. The van der Waals surface area contributed by atoms with Gasteiger partial charge < -0.3 is 10.3 Å². The fourth-order valence-corrected chi connectivity index (χ4v) is 3.09. The summed E-state index contributed by atoms with van der Waals surface area (Å²) < 4.78 is 0. The van der Waals surface area contributed by atoms with Crippen molar-refractivity contribution in [3.8, 4) is 0 Å². The highest BCUT2D eigenvalue weighted by molar-refractivity contribution is 5.79. The maximum atomic E-state index is 3.71. The van der Waals surface area contributed by atoms with Crippen LogP contribution in [0.1, 0.15) is 38.2 Å². The number of aromatic nitrogens is 1. The predicted octanol–water partition coefficient (Wildman–Crippen LogP) is 3.84. The van der Waals surface area contributed by atoms with Gasteiger partial charge >= 0.3 is 0 Å². The third-order valence-electron chi connectivity index (χ3n) is 4.15. The molecule has 0 amide bonds. The molecule has 0 aliphatic heterocycles. The molecule has 2 atom stereocenters. The molecule has 96 valence electrons. The van der Waals surface area contributed by atoms with Gasteiger partial charge in [-0.3, -0.25) is 0 Å². The lowest BCUT2D eigenvalue weighted by atomic mass is 9.87. The molecule has 1 aromatic carbocycles. The third kappa shape index (κ3) is 2.59. The molecular weight excluding hydrogens is 220 g/mol. The van der Waals surface area contributed by atoms with Crippen LogP contribution < -0.4 is 5.32 Å². The Kier molecular flexibility index (Phi) is 3.37. The fraction of sp³-hybridized carbons (Fsp3) is 0.500. The Hall–Kier alpha value is -1.28. The molecule has 1 heterocycles. The van der Waals surface area contributed by atoms with Gasteiger partial charge in [-0.15, -0.1) is 0 Å². The normalized spacial score (nSPS) is 24.5. The minimum Gasteiger partial charge on any atom is -0.361 e. The predicted molar refractivity (Wildman–Crippen MR) is 76.6 cm³/mol. The monoisotopic (exact) mass is 242 g/mol. The molecule has 2 heteroatoms. The quantitative estimate of drug-likeness (QED) is 0.841. The van der Waals surface area contributed by atoms with Crippen LogP contribution in [-0.4, -0.2) is 11.0 Å². The van der Waals surface area contributed by atoms with Gasteiger partial charge in [0.2, 0.25) is 0 Å². The number of rotatable bonds is 3. The summed E-state index contributed by atoms with van der Waals surface area (Å²) in [5.74, 6) is 0.892. The first kappa shape index (κ1) is 11.8. The molecule has 0 saturated heterocycles. The van der Waals surface area contributed by atoms with E-state index in [1.54, 1.807) is 0 Å². The number of benzene rings is 1. The van der Waals surface area contributed by atoms with E-state index in [0.29, 0.717) is 0 Å². The van der Waals surface area contributed by atoms with E-state index < -0.39 is 0 Å². The molecule has 0 spiro atoms. The molecule has 2 aromatic rings. The zero-order chi connectivity index (χ0) is 12.4. The summed E-state index contributed by atoms with van der Waals surface area (Å²) in [5, 5.41) is 5.03. The van der Waals surface area contributed by atoms with Crippen molar-refractivity contribution in [2.24, 2.45) is 5.92 Å². The van der Waals surface area contributed by atoms with E-state index in [1.165, 1.54) is 42.1 Å². The zero-order valence-electron chi connectivity index (χ0n) is 11.1. The fourth-order valence-electron chi connectivity index (χ4n) is 3.09. The number of H-pyrrole nitrogens is 1. The van der Waals surface area contributed by atoms with Gasteiger partial charge in [0.1, 0.15) is 0 Å². The lowest BCUT2D eigenvalue weighted by Gasteiger charge is -2.27. The Bertz CT molecular complexity index is 515. The van der Waals surface area contributed by atoms with E-state index in [1.807, 2.05) is 6.20 Å². The van der Waals surface area contributed by atoms with E-state index in [-0.39, 0.29) is 0 Å². The van der Waals surface area contributed by atoms with Gasteiger partial charge in [0.05, 0.1) is 0 Å². The Balaban J connectivity index is 1.61. The van der Waals surface area contributed by atoms with Crippen molar-refractivity contribution >= 4 is 10.9 Å². The number of hydrogen-bond acceptors (Lipinski definition) is 1. The third-order valence-corrected chi connectivity index (χ3v) is 4.15. The number of hydrogen-bond donors (Lipinski definition) is 2. The van der Waals surface area contributed by atoms with Gasteiger partial charge in [0.25, 0.3) is 0 Å². The summed E-state index contributed by atoms with van der Waals surface area (Å²) in [6.45, 7) is 3.37. The van der Waals surface area contributed by atoms with Crippen LogP contribution in [0.5, 0.6) is 0 Å². The van der Waals surface area contributed by atoms with Gasteiger partial charge in [-0.25, -0.2) is 0 Å². The highest BCUT2D eigenvalue weighted by atomic mass is 14.9. The molecule has 2 N–H and O–H groups in total. The van der Waals surface area contributed by atoms with Crippen LogP contribution in [0, 0.1) is 5.92 Å². The maximum Gasteiger partial charge on any atom is 0.0454 e. The topological polar surface area (TPSA) is 27.8 Å². The van der Waals surface area contributed by atoms with Gasteiger partial charge in [0.15, 0.2) is 0 Å². The van der Waals surface area contributed by atoms with Crippen molar-refractivity contribution in [3.63, 3.8) is 0 Å². The summed E-state index contributed by atoms with van der Waals surface area (Å²) in [4.78, 5) is 3.24. The summed E-state index contributed by atoms with van der Waals surface area (Å²) in [6, 6.07) is 9.54. The second-order valence-corrected chi connectivity index (χ2v) is 5.75. The Labute approximate surface area is 109 Å². The van der Waals surface area contributed by atoms with Crippen molar-refractivity contribution in [1.29, 1.82) is 0 Å². The SMILES string of the molecule is CC1CCCC(NCc2ccc3[nH]ccc3c2)C1. The van der Waals surface area contributed by atoms with Gasteiger partial charge in [-0.05, 0) is 47.9 Å². The molecule has 1 aliphatic carbocycles. The van der Waals surface area contributed by atoms with Crippen molar-refractivity contribution in [3.05, 3.63) is 36.0 Å². The van der Waals surface area contributed by atoms with Crippen molar-refractivity contribution in [2.45, 2.75) is 45.2 Å². The van der Waals surface area contributed by atoms with E-state index in [2.05, 4.69) is 41.5 Å². The first-order valence-corrected chi connectivity index (χ1v) is 7.10. The summed E-state index contributed by atoms with van der Waals surface area (Å²) >= 11 is 0. The van der Waals surface area contributed by atoms with E-state index in [4.69, 9.17) is 0 Å². The van der Waals surface area contributed by atoms with Crippen LogP contribution in [0.15, 0.2) is 30.5 Å². The Morgan fingerprint density at radius 3 is 3.11 bits per heavy atom. The van der Waals surface area contributed by atoms with Crippen LogP contribution in [-0.2, 0) is 6.54 Å². The number of aromatic amines is 1. The molecule has 0 radical (unpaired) electrons. The lowest BCUT2D eigenvalue weighted by Crippen LogP contribution is -2.33. The average Bonchev–Trinajstić information content (AvgIpc) is 2.84. The van der Waals surface area contributed by atoms with Gasteiger partial charge in [-0.2, -0.15) is 0 Å². The largest absolute Gasteiger partial charge is 0.361 e. The molecule has 18 heavy (non-hydrogen) atoms. The first-order chi connectivity index (χ1) is 8.81. The lowest BCUT2D eigenvalue weighted by molar-refractivity contribution is 0.300. The molecular formula is C16H22N2. The Morgan fingerprint density at radius 1 is 1.28 bits per heavy atom. The van der Waals surface area contributed by atoms with Gasteiger partial charge in [0, 0.05) is 24.3 Å². The molecule has 3 rings (SSSR count). The van der Waals surface area contributed by atoms with Crippen LogP contribution in [0.2, 0.25) is 0 Å². The number of nitrogens with one attached hydrogen (secondary N) is 2. The molecule has 2 unspecified atom stereocenters. The summed E-state index contributed by atoms with van der Waals surface area (Å²) in [5.41, 5.74) is 2.62. The minimum absolute atomic E-state index is 0.718. The Morgan fingerprint density at radius 2 is 2.22 bits per heavy atom. The van der Waals surface area contributed by atoms with Crippen LogP contribution >= 0.6 is 0 Å². The van der Waals surface area contributed by atoms with Gasteiger partial charge in [-0.1, -0.05) is 25.8 Å². The van der Waals surface area contributed by atoms with Crippen molar-refractivity contribution < 1.29 is 0 Å².